The van der Waals surface area contributed by atoms with Crippen LogP contribution < -0.4 is 0 Å². The molecule has 0 saturated carbocycles. The molecule has 0 N–H and O–H groups in total. The maximum Gasteiger partial charge on any atom is 0.0991 e. The van der Waals surface area contributed by atoms with E-state index in [4.69, 9.17) is 10.4 Å². The Labute approximate surface area is 143 Å². The quantitative estimate of drug-likeness (QED) is 0.687. The fraction of sp³-hybridized carbons (Fsp3) is 0.238. The number of nitrogens with zero attached hydrogens (tertiary/aromatic N) is 3. The van der Waals surface area contributed by atoms with Gasteiger partial charge in [0, 0.05) is 29.3 Å². The highest BCUT2D eigenvalue weighted by Crippen LogP contribution is 2.29. The van der Waals surface area contributed by atoms with Gasteiger partial charge in [0.05, 0.1) is 17.3 Å². The number of rotatable bonds is 4. The molecule has 0 bridgehead atoms. The Balaban J connectivity index is 2.09. The van der Waals surface area contributed by atoms with Gasteiger partial charge in [-0.05, 0) is 38.5 Å². The number of nitriles is 1. The SMILES string of the molecule is Cc1c(Cc2ccccc2)c(-c2ccc(C#N)cc2)nn1C(C)C. The predicted molar refractivity (Wildman–Crippen MR) is 96.7 cm³/mol. The molecule has 1 aromatic heterocycles. The Morgan fingerprint density at radius 1 is 1.04 bits per heavy atom. The zero-order chi connectivity index (χ0) is 17.1. The molecule has 2 aromatic carbocycles. The lowest BCUT2D eigenvalue weighted by atomic mass is 9.99. The van der Waals surface area contributed by atoms with Gasteiger partial charge in [-0.15, -0.1) is 0 Å². The first-order valence-corrected chi connectivity index (χ1v) is 8.22. The molecule has 0 aliphatic rings. The smallest absolute Gasteiger partial charge is 0.0991 e. The molecule has 3 aromatic rings. The molecule has 0 spiro atoms. The normalized spacial score (nSPS) is 10.8. The second-order valence-electron chi connectivity index (χ2n) is 6.30. The Morgan fingerprint density at radius 3 is 2.29 bits per heavy atom. The molecular formula is C21H21N3. The molecule has 3 heteroatoms. The van der Waals surface area contributed by atoms with Crippen molar-refractivity contribution < 1.29 is 0 Å². The van der Waals surface area contributed by atoms with Gasteiger partial charge in [0.25, 0.3) is 0 Å². The van der Waals surface area contributed by atoms with Gasteiger partial charge in [-0.3, -0.25) is 4.68 Å². The second kappa shape index (κ2) is 6.72. The lowest BCUT2D eigenvalue weighted by Crippen LogP contribution is -2.05. The highest BCUT2D eigenvalue weighted by atomic mass is 15.3. The van der Waals surface area contributed by atoms with Gasteiger partial charge in [0.2, 0.25) is 0 Å². The number of benzene rings is 2. The van der Waals surface area contributed by atoms with Crippen LogP contribution in [0.3, 0.4) is 0 Å². The summed E-state index contributed by atoms with van der Waals surface area (Å²) in [6, 6.07) is 20.6. The van der Waals surface area contributed by atoms with Crippen LogP contribution in [0.2, 0.25) is 0 Å². The maximum absolute atomic E-state index is 9.00. The third kappa shape index (κ3) is 3.09. The molecule has 120 valence electrons. The Kier molecular flexibility index (Phi) is 4.48. The van der Waals surface area contributed by atoms with Gasteiger partial charge >= 0.3 is 0 Å². The molecule has 0 aliphatic carbocycles. The fourth-order valence-electron chi connectivity index (χ4n) is 3.00. The summed E-state index contributed by atoms with van der Waals surface area (Å²) in [6.07, 6.45) is 0.856. The number of hydrogen-bond acceptors (Lipinski definition) is 2. The van der Waals surface area contributed by atoms with Gasteiger partial charge in [0.15, 0.2) is 0 Å². The topological polar surface area (TPSA) is 41.6 Å². The van der Waals surface area contributed by atoms with E-state index >= 15 is 0 Å². The minimum absolute atomic E-state index is 0.312. The molecule has 0 unspecified atom stereocenters. The average Bonchev–Trinajstić information content (AvgIpc) is 2.93. The van der Waals surface area contributed by atoms with E-state index in [9.17, 15) is 0 Å². The summed E-state index contributed by atoms with van der Waals surface area (Å²) in [6.45, 7) is 6.43. The van der Waals surface area contributed by atoms with Crippen LogP contribution in [-0.4, -0.2) is 9.78 Å². The molecule has 0 amide bonds. The zero-order valence-corrected chi connectivity index (χ0v) is 14.3. The Bertz CT molecular complexity index is 866. The largest absolute Gasteiger partial charge is 0.266 e. The van der Waals surface area contributed by atoms with Crippen LogP contribution in [0.1, 0.15) is 42.3 Å². The van der Waals surface area contributed by atoms with Gasteiger partial charge in [-0.25, -0.2) is 0 Å². The van der Waals surface area contributed by atoms with Crippen molar-refractivity contribution in [2.75, 3.05) is 0 Å². The van der Waals surface area contributed by atoms with Crippen LogP contribution in [0.25, 0.3) is 11.3 Å². The third-order valence-electron chi connectivity index (χ3n) is 4.27. The molecule has 0 saturated heterocycles. The maximum atomic E-state index is 9.00. The van der Waals surface area contributed by atoms with E-state index in [1.165, 1.54) is 16.8 Å². The zero-order valence-electron chi connectivity index (χ0n) is 14.3. The van der Waals surface area contributed by atoms with Gasteiger partial charge in [0.1, 0.15) is 0 Å². The minimum Gasteiger partial charge on any atom is -0.266 e. The van der Waals surface area contributed by atoms with E-state index in [-0.39, 0.29) is 0 Å². The summed E-state index contributed by atoms with van der Waals surface area (Å²) in [5.74, 6) is 0. The van der Waals surface area contributed by atoms with Crippen molar-refractivity contribution in [1.29, 1.82) is 5.26 Å². The van der Waals surface area contributed by atoms with Crippen LogP contribution in [0.15, 0.2) is 54.6 Å². The Morgan fingerprint density at radius 2 is 1.71 bits per heavy atom. The van der Waals surface area contributed by atoms with E-state index in [0.717, 1.165) is 17.7 Å². The lowest BCUT2D eigenvalue weighted by Gasteiger charge is -2.08. The molecule has 0 aliphatic heterocycles. The molecule has 3 rings (SSSR count). The van der Waals surface area contributed by atoms with Crippen molar-refractivity contribution in [1.82, 2.24) is 9.78 Å². The van der Waals surface area contributed by atoms with Gasteiger partial charge < -0.3 is 0 Å². The van der Waals surface area contributed by atoms with E-state index in [0.29, 0.717) is 11.6 Å². The van der Waals surface area contributed by atoms with Gasteiger partial charge in [-0.2, -0.15) is 10.4 Å². The summed E-state index contributed by atoms with van der Waals surface area (Å²) in [5, 5.41) is 13.9. The van der Waals surface area contributed by atoms with Crippen LogP contribution in [0, 0.1) is 18.3 Å². The molecule has 0 fully saturated rings. The molecule has 3 nitrogen and oxygen atoms in total. The summed E-state index contributed by atoms with van der Waals surface area (Å²) in [7, 11) is 0. The second-order valence-corrected chi connectivity index (χ2v) is 6.30. The van der Waals surface area contributed by atoms with E-state index in [1.54, 1.807) is 0 Å². The summed E-state index contributed by atoms with van der Waals surface area (Å²) < 4.78 is 2.09. The number of hydrogen-bond donors (Lipinski definition) is 0. The first kappa shape index (κ1) is 16.0. The van der Waals surface area contributed by atoms with Crippen molar-refractivity contribution in [2.45, 2.75) is 33.2 Å². The first-order valence-electron chi connectivity index (χ1n) is 8.22. The van der Waals surface area contributed by atoms with E-state index < -0.39 is 0 Å². The highest BCUT2D eigenvalue weighted by molar-refractivity contribution is 5.65. The van der Waals surface area contributed by atoms with Crippen molar-refractivity contribution in [3.05, 3.63) is 77.0 Å². The van der Waals surface area contributed by atoms with Crippen LogP contribution in [0.5, 0.6) is 0 Å². The van der Waals surface area contributed by atoms with Crippen LogP contribution in [-0.2, 0) is 6.42 Å². The molecule has 1 heterocycles. The first-order chi connectivity index (χ1) is 11.6. The van der Waals surface area contributed by atoms with Crippen molar-refractivity contribution in [3.8, 4) is 17.3 Å². The monoisotopic (exact) mass is 315 g/mol. The third-order valence-corrected chi connectivity index (χ3v) is 4.27. The molecule has 24 heavy (non-hydrogen) atoms. The van der Waals surface area contributed by atoms with Crippen molar-refractivity contribution in [2.24, 2.45) is 0 Å². The van der Waals surface area contributed by atoms with Crippen molar-refractivity contribution in [3.63, 3.8) is 0 Å². The van der Waals surface area contributed by atoms with Gasteiger partial charge in [-0.1, -0.05) is 42.5 Å². The highest BCUT2D eigenvalue weighted by Gasteiger charge is 2.18. The average molecular weight is 315 g/mol. The van der Waals surface area contributed by atoms with Crippen molar-refractivity contribution >= 4 is 0 Å². The van der Waals surface area contributed by atoms with Crippen LogP contribution >= 0.6 is 0 Å². The summed E-state index contributed by atoms with van der Waals surface area (Å²) >= 11 is 0. The van der Waals surface area contributed by atoms with E-state index in [1.807, 2.05) is 30.3 Å². The summed E-state index contributed by atoms with van der Waals surface area (Å²) in [5.41, 5.74) is 6.46. The fourth-order valence-corrected chi connectivity index (χ4v) is 3.00. The van der Waals surface area contributed by atoms with Crippen LogP contribution in [0.4, 0.5) is 0 Å². The predicted octanol–water partition coefficient (Wildman–Crippen LogP) is 4.90. The minimum atomic E-state index is 0.312. The standard InChI is InChI=1S/C21H21N3/c1-15(2)24-16(3)20(13-17-7-5-4-6-8-17)21(23-24)19-11-9-18(14-22)10-12-19/h4-12,15H,13H2,1-3H3. The van der Waals surface area contributed by atoms with E-state index in [2.05, 4.69) is 55.8 Å². The Hall–Kier alpha value is -2.86. The summed E-state index contributed by atoms with van der Waals surface area (Å²) in [4.78, 5) is 0. The lowest BCUT2D eigenvalue weighted by molar-refractivity contribution is 0.520. The molecular weight excluding hydrogens is 294 g/mol. The number of aromatic nitrogens is 2. The molecule has 0 radical (unpaired) electrons. The molecule has 0 atom stereocenters.